The molecule has 1 N–H and O–H groups in total. The fraction of sp³-hybridized carbons (Fsp3) is 0.619. The Balaban J connectivity index is 1.62. The number of unbranched alkanes of at least 4 members (excludes halogenated alkanes) is 1. The topological polar surface area (TPSA) is 64.9 Å². The van der Waals surface area contributed by atoms with E-state index in [4.69, 9.17) is 9.47 Å². The first-order chi connectivity index (χ1) is 13.1. The lowest BCUT2D eigenvalue weighted by atomic mass is 9.92. The van der Waals surface area contributed by atoms with Gasteiger partial charge >= 0.3 is 0 Å². The number of nitrogens with zero attached hydrogens (tertiary/aromatic N) is 2. The van der Waals surface area contributed by atoms with Crippen LogP contribution in [-0.4, -0.2) is 41.2 Å². The molecule has 0 spiro atoms. The first-order valence-electron chi connectivity index (χ1n) is 10.0. The van der Waals surface area contributed by atoms with Gasteiger partial charge in [0.1, 0.15) is 5.65 Å². The standard InChI is InChI=1S/C21H31N3O3/c1-4-5-12-27-18-8-6-16(7-9-18)23-21(25)19-10-11-24-15(2)13-17(14-26-3)22-20(19)24/h10-11,13,16,18H,4-9,12,14H2,1-3H3,(H,23,25)/t16-,18-. The van der Waals surface area contributed by atoms with Crippen LogP contribution in [0, 0.1) is 6.92 Å². The molecule has 0 aliphatic heterocycles. The van der Waals surface area contributed by atoms with Crippen LogP contribution < -0.4 is 5.32 Å². The van der Waals surface area contributed by atoms with Crippen molar-refractivity contribution >= 4 is 11.6 Å². The molecule has 0 unspecified atom stereocenters. The van der Waals surface area contributed by atoms with Crippen LogP contribution in [0.5, 0.6) is 0 Å². The smallest absolute Gasteiger partial charge is 0.255 e. The van der Waals surface area contributed by atoms with Gasteiger partial charge in [-0.05, 0) is 51.2 Å². The highest BCUT2D eigenvalue weighted by Gasteiger charge is 2.24. The number of hydrogen-bond acceptors (Lipinski definition) is 4. The quantitative estimate of drug-likeness (QED) is 0.718. The minimum Gasteiger partial charge on any atom is -0.378 e. The van der Waals surface area contributed by atoms with Crippen molar-refractivity contribution < 1.29 is 14.3 Å². The maximum absolute atomic E-state index is 12.8. The Labute approximate surface area is 161 Å². The van der Waals surface area contributed by atoms with E-state index in [0.717, 1.165) is 56.5 Å². The number of nitrogens with one attached hydrogen (secondary N) is 1. The normalized spacial score (nSPS) is 20.1. The molecule has 0 bridgehead atoms. The van der Waals surface area contributed by atoms with Gasteiger partial charge in [-0.3, -0.25) is 4.79 Å². The molecule has 1 fully saturated rings. The summed E-state index contributed by atoms with van der Waals surface area (Å²) in [5, 5.41) is 3.19. The maximum Gasteiger partial charge on any atom is 0.255 e. The molecule has 2 heterocycles. The zero-order valence-corrected chi connectivity index (χ0v) is 16.7. The van der Waals surface area contributed by atoms with Crippen LogP contribution in [0.4, 0.5) is 0 Å². The third kappa shape index (κ3) is 4.87. The SMILES string of the molecule is CCCCO[C@H]1CC[C@H](NC(=O)c2ccn3c(C)cc(COC)nc23)CC1. The number of ether oxygens (including phenoxy) is 2. The Kier molecular flexibility index (Phi) is 6.85. The molecule has 2 aromatic rings. The second kappa shape index (κ2) is 9.33. The summed E-state index contributed by atoms with van der Waals surface area (Å²) in [6.45, 7) is 5.47. The molecule has 6 heteroatoms. The summed E-state index contributed by atoms with van der Waals surface area (Å²) < 4.78 is 13.1. The lowest BCUT2D eigenvalue weighted by Gasteiger charge is -2.29. The number of methoxy groups -OCH3 is 1. The van der Waals surface area contributed by atoms with Crippen LogP contribution in [0.25, 0.3) is 5.65 Å². The summed E-state index contributed by atoms with van der Waals surface area (Å²) in [7, 11) is 1.65. The first-order valence-corrected chi connectivity index (χ1v) is 10.0. The summed E-state index contributed by atoms with van der Waals surface area (Å²) in [5.74, 6) is -0.0469. The fourth-order valence-corrected chi connectivity index (χ4v) is 3.73. The van der Waals surface area contributed by atoms with E-state index in [-0.39, 0.29) is 11.9 Å². The number of carbonyl (C=O) groups is 1. The first kappa shape index (κ1) is 19.8. The zero-order valence-electron chi connectivity index (χ0n) is 16.7. The molecule has 1 saturated carbocycles. The average Bonchev–Trinajstić information content (AvgIpc) is 3.08. The third-order valence-corrected chi connectivity index (χ3v) is 5.26. The largest absolute Gasteiger partial charge is 0.378 e. The highest BCUT2D eigenvalue weighted by Crippen LogP contribution is 2.22. The van der Waals surface area contributed by atoms with Crippen LogP contribution in [0.2, 0.25) is 0 Å². The molecule has 0 aromatic carbocycles. The van der Waals surface area contributed by atoms with Crippen molar-refractivity contribution in [2.75, 3.05) is 13.7 Å². The summed E-state index contributed by atoms with van der Waals surface area (Å²) in [5.41, 5.74) is 3.18. The predicted octanol–water partition coefficient (Wildman–Crippen LogP) is 3.65. The zero-order chi connectivity index (χ0) is 19.2. The number of carbonyl (C=O) groups excluding carboxylic acids is 1. The number of rotatable bonds is 8. The Morgan fingerprint density at radius 1 is 1.33 bits per heavy atom. The minimum absolute atomic E-state index is 0.0469. The van der Waals surface area contributed by atoms with Crippen LogP contribution in [0.15, 0.2) is 18.3 Å². The van der Waals surface area contributed by atoms with Crippen LogP contribution in [0.3, 0.4) is 0 Å². The van der Waals surface area contributed by atoms with E-state index < -0.39 is 0 Å². The second-order valence-corrected chi connectivity index (χ2v) is 7.42. The summed E-state index contributed by atoms with van der Waals surface area (Å²) >= 11 is 0. The molecule has 1 aliphatic carbocycles. The molecule has 0 saturated heterocycles. The van der Waals surface area contributed by atoms with Gasteiger partial charge in [-0.1, -0.05) is 13.3 Å². The van der Waals surface area contributed by atoms with Crippen molar-refractivity contribution in [3.8, 4) is 0 Å². The van der Waals surface area contributed by atoms with Crippen LogP contribution in [-0.2, 0) is 16.1 Å². The third-order valence-electron chi connectivity index (χ3n) is 5.26. The van der Waals surface area contributed by atoms with Gasteiger partial charge in [0, 0.05) is 31.6 Å². The lowest BCUT2D eigenvalue weighted by molar-refractivity contribution is 0.0209. The van der Waals surface area contributed by atoms with E-state index in [9.17, 15) is 4.79 Å². The van der Waals surface area contributed by atoms with Crippen molar-refractivity contribution in [3.05, 3.63) is 35.3 Å². The van der Waals surface area contributed by atoms with Crippen LogP contribution >= 0.6 is 0 Å². The molecule has 6 nitrogen and oxygen atoms in total. The van der Waals surface area contributed by atoms with Gasteiger partial charge in [0.05, 0.1) is 24.0 Å². The molecule has 0 radical (unpaired) electrons. The predicted molar refractivity (Wildman–Crippen MR) is 105 cm³/mol. The van der Waals surface area contributed by atoms with Crippen LogP contribution in [0.1, 0.15) is 67.2 Å². The van der Waals surface area contributed by atoms with Crippen molar-refractivity contribution in [1.29, 1.82) is 0 Å². The Morgan fingerprint density at radius 3 is 2.81 bits per heavy atom. The summed E-state index contributed by atoms with van der Waals surface area (Å²) in [4.78, 5) is 17.4. The average molecular weight is 373 g/mol. The molecule has 1 amide bonds. The summed E-state index contributed by atoms with van der Waals surface area (Å²) in [6, 6.07) is 4.04. The Hall–Kier alpha value is -1.92. The van der Waals surface area contributed by atoms with Gasteiger partial charge < -0.3 is 19.2 Å². The van der Waals surface area contributed by atoms with Crippen molar-refractivity contribution in [3.63, 3.8) is 0 Å². The Morgan fingerprint density at radius 2 is 2.11 bits per heavy atom. The number of hydrogen-bond donors (Lipinski definition) is 1. The van der Waals surface area contributed by atoms with Crippen molar-refractivity contribution in [2.24, 2.45) is 0 Å². The van der Waals surface area contributed by atoms with E-state index >= 15 is 0 Å². The van der Waals surface area contributed by atoms with Gasteiger partial charge in [0.15, 0.2) is 0 Å². The molecule has 1 aliphatic rings. The monoisotopic (exact) mass is 373 g/mol. The van der Waals surface area contributed by atoms with Crippen molar-refractivity contribution in [1.82, 2.24) is 14.7 Å². The van der Waals surface area contributed by atoms with Gasteiger partial charge in [-0.25, -0.2) is 4.98 Å². The van der Waals surface area contributed by atoms with Gasteiger partial charge in [0.25, 0.3) is 5.91 Å². The highest BCUT2D eigenvalue weighted by molar-refractivity contribution is 6.00. The number of amides is 1. The van der Waals surface area contributed by atoms with Crippen molar-refractivity contribution in [2.45, 2.75) is 71.1 Å². The molecule has 148 valence electrons. The van der Waals surface area contributed by atoms with Gasteiger partial charge in [0.2, 0.25) is 0 Å². The van der Waals surface area contributed by atoms with E-state index in [0.29, 0.717) is 23.9 Å². The number of aryl methyl sites for hydroxylation is 1. The lowest BCUT2D eigenvalue weighted by Crippen LogP contribution is -2.39. The van der Waals surface area contributed by atoms with E-state index in [1.54, 1.807) is 7.11 Å². The molecule has 0 atom stereocenters. The molecule has 27 heavy (non-hydrogen) atoms. The Bertz CT molecular complexity index is 763. The second-order valence-electron chi connectivity index (χ2n) is 7.42. The fourth-order valence-electron chi connectivity index (χ4n) is 3.73. The highest BCUT2D eigenvalue weighted by atomic mass is 16.5. The summed E-state index contributed by atoms with van der Waals surface area (Å²) in [6.07, 6.45) is 8.50. The molecular formula is C21H31N3O3. The molecular weight excluding hydrogens is 342 g/mol. The van der Waals surface area contributed by atoms with E-state index in [1.807, 2.05) is 29.7 Å². The molecule has 2 aromatic heterocycles. The maximum atomic E-state index is 12.8. The minimum atomic E-state index is -0.0469. The number of fused-ring (bicyclic) bond motifs is 1. The van der Waals surface area contributed by atoms with E-state index in [2.05, 4.69) is 17.2 Å². The number of aromatic nitrogens is 2. The van der Waals surface area contributed by atoms with E-state index in [1.165, 1.54) is 0 Å². The molecule has 3 rings (SSSR count). The van der Waals surface area contributed by atoms with Gasteiger partial charge in [-0.2, -0.15) is 0 Å². The van der Waals surface area contributed by atoms with Gasteiger partial charge in [-0.15, -0.1) is 0 Å².